The average Bonchev–Trinajstić information content (AvgIpc) is 4.13. The molecule has 17 heteroatoms. The van der Waals surface area contributed by atoms with Crippen LogP contribution >= 0.6 is 0 Å². The van der Waals surface area contributed by atoms with Gasteiger partial charge in [0.25, 0.3) is 5.91 Å². The fourth-order valence-corrected chi connectivity index (χ4v) is 10.3. The number of allylic oxidation sites excluding steroid dienone is 1. The molecule has 5 aliphatic rings. The van der Waals surface area contributed by atoms with Gasteiger partial charge in [0.15, 0.2) is 11.5 Å². The predicted molar refractivity (Wildman–Crippen MR) is 237 cm³/mol. The lowest BCUT2D eigenvalue weighted by Gasteiger charge is -2.33. The van der Waals surface area contributed by atoms with E-state index in [2.05, 4.69) is 22.3 Å². The van der Waals surface area contributed by atoms with Crippen molar-refractivity contribution in [1.82, 2.24) is 25.2 Å². The van der Waals surface area contributed by atoms with Gasteiger partial charge in [-0.3, -0.25) is 19.1 Å². The van der Waals surface area contributed by atoms with Gasteiger partial charge in [0.1, 0.15) is 48.3 Å². The molecule has 3 aromatic rings. The Kier molecular flexibility index (Phi) is 12.0. The fraction of sp³-hybridized carbons (Fsp3) is 0.553. The summed E-state index contributed by atoms with van der Waals surface area (Å²) in [7, 11) is -2.46. The number of sulfonamides is 1. The Morgan fingerprint density at radius 3 is 2.47 bits per heavy atom. The molecule has 0 unspecified atom stereocenters. The second kappa shape index (κ2) is 17.1. The minimum atomic E-state index is -4.04. The third-order valence-electron chi connectivity index (χ3n) is 13.0. The van der Waals surface area contributed by atoms with Crippen LogP contribution < -0.4 is 34.3 Å². The third kappa shape index (κ3) is 9.31. The lowest BCUT2D eigenvalue weighted by atomic mass is 9.88. The van der Waals surface area contributed by atoms with Crippen LogP contribution in [0.3, 0.4) is 0 Å². The lowest BCUT2D eigenvalue weighted by Crippen LogP contribution is -2.59. The van der Waals surface area contributed by atoms with Crippen molar-refractivity contribution in [2.24, 2.45) is 17.8 Å². The smallest absolute Gasteiger partial charge is 0.408 e. The second-order valence-electron chi connectivity index (χ2n) is 19.3. The van der Waals surface area contributed by atoms with Gasteiger partial charge in [0.05, 0.1) is 24.1 Å². The number of methoxy groups -OCH3 is 1. The monoisotopic (exact) mass is 901 g/mol. The maximum atomic E-state index is 15.1. The van der Waals surface area contributed by atoms with Crippen LogP contribution in [0.1, 0.15) is 86.5 Å². The van der Waals surface area contributed by atoms with Gasteiger partial charge in [-0.05, 0) is 126 Å². The number of nitrogens with one attached hydrogen (secondary N) is 3. The van der Waals surface area contributed by atoms with Crippen LogP contribution in [0.5, 0.6) is 23.1 Å². The van der Waals surface area contributed by atoms with Gasteiger partial charge in [-0.1, -0.05) is 26.0 Å². The van der Waals surface area contributed by atoms with Crippen molar-refractivity contribution in [3.63, 3.8) is 0 Å². The van der Waals surface area contributed by atoms with Gasteiger partial charge in [0.2, 0.25) is 27.7 Å². The van der Waals surface area contributed by atoms with Crippen LogP contribution in [-0.4, -0.2) is 103 Å². The molecule has 3 fully saturated rings. The highest BCUT2D eigenvalue weighted by atomic mass is 32.2. The van der Waals surface area contributed by atoms with E-state index in [-0.39, 0.29) is 37.1 Å². The van der Waals surface area contributed by atoms with Crippen LogP contribution in [0, 0.1) is 17.8 Å². The number of carbonyl (C=O) groups is 4. The average molecular weight is 902 g/mol. The van der Waals surface area contributed by atoms with Gasteiger partial charge in [-0.15, -0.1) is 0 Å². The number of hydrogen-bond donors (Lipinski definition) is 3. The Morgan fingerprint density at radius 2 is 1.75 bits per heavy atom. The van der Waals surface area contributed by atoms with E-state index >= 15 is 4.79 Å². The molecule has 2 aromatic carbocycles. The van der Waals surface area contributed by atoms with Crippen LogP contribution in [-0.2, 0) is 29.1 Å². The normalized spacial score (nSPS) is 28.3. The summed E-state index contributed by atoms with van der Waals surface area (Å²) in [5.74, 6) is -0.646. The van der Waals surface area contributed by atoms with Crippen molar-refractivity contribution >= 4 is 44.6 Å². The molecule has 0 radical (unpaired) electrons. The Hall–Kier alpha value is -5.58. The van der Waals surface area contributed by atoms with Crippen molar-refractivity contribution in [2.45, 2.75) is 121 Å². The summed E-state index contributed by atoms with van der Waals surface area (Å²) in [4.78, 5) is 63.8. The first-order chi connectivity index (χ1) is 30.3. The molecule has 2 saturated carbocycles. The molecule has 16 nitrogen and oxygen atoms in total. The molecule has 8 rings (SSSR count). The summed E-state index contributed by atoms with van der Waals surface area (Å²) in [5, 5.41) is 7.19. The van der Waals surface area contributed by atoms with Gasteiger partial charge in [-0.25, -0.2) is 18.2 Å². The molecule has 3 N–H and O–H groups in total. The topological polar surface area (TPSA) is 201 Å². The number of ether oxygens (including phenoxy) is 5. The molecule has 7 atom stereocenters. The predicted octanol–water partition coefficient (Wildman–Crippen LogP) is 5.81. The lowest BCUT2D eigenvalue weighted by molar-refractivity contribution is -0.142. The molecule has 2 aliphatic carbocycles. The summed E-state index contributed by atoms with van der Waals surface area (Å²) < 4.78 is 57.5. The highest BCUT2D eigenvalue weighted by molar-refractivity contribution is 7.91. The van der Waals surface area contributed by atoms with E-state index in [9.17, 15) is 22.8 Å². The van der Waals surface area contributed by atoms with Crippen LogP contribution in [0.25, 0.3) is 22.0 Å². The number of alkyl carbamates (subject to hydrolysis) is 1. The number of hydrogen-bond acceptors (Lipinski definition) is 12. The SMILES string of the molecule is COc1ccc2c(O[C@@H]3C[C@H]4C(=O)N[C@]5(C(=O)NS(=O)(=O)C6(C)CC6)C[C@H]5/C=C\CC[C@H](C)C[C@@H](C)[C@H](NC(=O)OC(C)(C)C)C(=O)N4C3)nc(-c3ccc4c(c3)OCCO4)cc2c1. The number of carbonyl (C=O) groups excluding carboxylic acids is 4. The molecular weight excluding hydrogens is 843 g/mol. The molecule has 344 valence electrons. The van der Waals surface area contributed by atoms with E-state index in [1.165, 1.54) is 4.90 Å². The molecular formula is C47H59N5O11S. The molecule has 0 bridgehead atoms. The van der Waals surface area contributed by atoms with Crippen molar-refractivity contribution in [3.05, 3.63) is 54.6 Å². The Labute approximate surface area is 374 Å². The number of rotatable bonds is 8. The van der Waals surface area contributed by atoms with Crippen LogP contribution in [0.2, 0.25) is 0 Å². The Balaban J connectivity index is 1.16. The van der Waals surface area contributed by atoms with Crippen molar-refractivity contribution in [2.75, 3.05) is 26.9 Å². The highest BCUT2D eigenvalue weighted by Gasteiger charge is 2.63. The fourth-order valence-electron chi connectivity index (χ4n) is 8.96. The standard InChI is InChI=1S/C47H59N5O11S/c1-27-10-8-9-11-31-25-47(31,43(55)51-64(57,58)46(6)16-17-46)50-40(53)36-24-33(26-52(36)42(54)39(28(2)20-27)49-44(56)63-45(3,4)5)62-41-34-14-13-32(59-7)21-30(34)22-35(48-41)29-12-15-37-38(23-29)61-19-18-60-37/h9,11-15,21-23,27-28,31,33,36,39H,8,10,16-20,24-26H2,1-7H3,(H,49,56)(H,50,53)(H,51,55)/b11-9-/t27-,28+,31+,33+,36-,39-,47+/m0/s1. The van der Waals surface area contributed by atoms with E-state index in [1.807, 2.05) is 55.5 Å². The number of amides is 4. The summed E-state index contributed by atoms with van der Waals surface area (Å²) in [6.45, 7) is 11.5. The van der Waals surface area contributed by atoms with Crippen LogP contribution in [0.4, 0.5) is 4.79 Å². The van der Waals surface area contributed by atoms with Gasteiger partial charge in [-0.2, -0.15) is 0 Å². The summed E-state index contributed by atoms with van der Waals surface area (Å²) in [6, 6.07) is 10.7. The minimum absolute atomic E-state index is 0.0102. The zero-order valence-electron chi connectivity index (χ0n) is 37.5. The van der Waals surface area contributed by atoms with Gasteiger partial charge < -0.3 is 39.2 Å². The first-order valence-corrected chi connectivity index (χ1v) is 23.7. The molecule has 4 amide bonds. The van der Waals surface area contributed by atoms with E-state index in [0.29, 0.717) is 67.2 Å². The van der Waals surface area contributed by atoms with E-state index < -0.39 is 73.8 Å². The van der Waals surface area contributed by atoms with Gasteiger partial charge in [0, 0.05) is 23.3 Å². The highest BCUT2D eigenvalue weighted by Crippen LogP contribution is 2.48. The zero-order valence-corrected chi connectivity index (χ0v) is 38.3. The molecule has 1 aromatic heterocycles. The van der Waals surface area contributed by atoms with Crippen molar-refractivity contribution < 1.29 is 51.3 Å². The molecule has 64 heavy (non-hydrogen) atoms. The first kappa shape index (κ1) is 45.0. The number of nitrogens with zero attached hydrogens (tertiary/aromatic N) is 2. The Morgan fingerprint density at radius 1 is 1.00 bits per heavy atom. The molecule has 3 aliphatic heterocycles. The van der Waals surface area contributed by atoms with E-state index in [1.54, 1.807) is 40.9 Å². The zero-order chi connectivity index (χ0) is 45.8. The summed E-state index contributed by atoms with van der Waals surface area (Å²) in [6.07, 6.45) is 5.25. The minimum Gasteiger partial charge on any atom is -0.497 e. The van der Waals surface area contributed by atoms with E-state index in [0.717, 1.165) is 17.4 Å². The van der Waals surface area contributed by atoms with E-state index in [4.69, 9.17) is 28.7 Å². The largest absolute Gasteiger partial charge is 0.497 e. The number of benzene rings is 2. The summed E-state index contributed by atoms with van der Waals surface area (Å²) in [5.41, 5.74) is -1.11. The Bertz CT molecular complexity index is 2480. The molecule has 1 saturated heterocycles. The van der Waals surface area contributed by atoms with Crippen molar-refractivity contribution in [3.8, 4) is 34.4 Å². The molecule has 0 spiro atoms. The molecule has 4 heterocycles. The number of aromatic nitrogens is 1. The van der Waals surface area contributed by atoms with Gasteiger partial charge >= 0.3 is 6.09 Å². The first-order valence-electron chi connectivity index (χ1n) is 22.2. The number of pyridine rings is 1. The number of fused-ring (bicyclic) bond motifs is 4. The second-order valence-corrected chi connectivity index (χ2v) is 21.5. The van der Waals surface area contributed by atoms with Crippen LogP contribution in [0.15, 0.2) is 54.6 Å². The third-order valence-corrected chi connectivity index (χ3v) is 15.2. The summed E-state index contributed by atoms with van der Waals surface area (Å²) >= 11 is 0. The van der Waals surface area contributed by atoms with Crippen molar-refractivity contribution in [1.29, 1.82) is 0 Å². The quantitative estimate of drug-likeness (QED) is 0.230. The maximum Gasteiger partial charge on any atom is 0.408 e. The maximum absolute atomic E-state index is 15.1.